The number of benzene rings is 6. The molecule has 3 heterocycles. The first-order valence-electron chi connectivity index (χ1n) is 35.1. The summed E-state index contributed by atoms with van der Waals surface area (Å²) in [5.74, 6) is -0.727. The van der Waals surface area contributed by atoms with E-state index in [9.17, 15) is 54.7 Å². The second kappa shape index (κ2) is 35.5. The summed E-state index contributed by atoms with van der Waals surface area (Å²) in [5.41, 5.74) is 2.36. The van der Waals surface area contributed by atoms with Crippen LogP contribution in [0.5, 0.6) is 5.75 Å². The van der Waals surface area contributed by atoms with E-state index in [1.807, 2.05) is 73.6 Å². The molecule has 0 aromatic heterocycles. The predicted octanol–water partition coefficient (Wildman–Crippen LogP) is 14.6. The fraction of sp³-hybridized carbons (Fsp3) is 0.474. The maximum Gasteiger partial charge on any atom is 0.416 e. The zero-order valence-electron chi connectivity index (χ0n) is 59.7. The third-order valence-electron chi connectivity index (χ3n) is 20.6. The number of carbonyl (C=O) groups excluding carboxylic acids is 5. The van der Waals surface area contributed by atoms with Gasteiger partial charge in [0.05, 0.1) is 46.7 Å². The van der Waals surface area contributed by atoms with Crippen molar-refractivity contribution in [2.24, 2.45) is 5.92 Å². The molecule has 0 radical (unpaired) electrons. The Kier molecular flexibility index (Phi) is 27.1. The number of methoxy groups -OCH3 is 2. The molecule has 0 bridgehead atoms. The Labute approximate surface area is 604 Å². The van der Waals surface area contributed by atoms with Gasteiger partial charge in [0.25, 0.3) is 11.8 Å². The van der Waals surface area contributed by atoms with Crippen molar-refractivity contribution in [3.05, 3.63) is 183 Å². The van der Waals surface area contributed by atoms with Crippen LogP contribution in [0.4, 0.5) is 46.9 Å². The number of nitrogens with one attached hydrogen (secondary N) is 1. The minimum atomic E-state index is -5.08. The molecule has 10 rings (SSSR count). The lowest BCUT2D eigenvalue weighted by atomic mass is 9.68. The third kappa shape index (κ3) is 20.4. The van der Waals surface area contributed by atoms with Crippen molar-refractivity contribution >= 4 is 52.7 Å². The van der Waals surface area contributed by atoms with Crippen LogP contribution in [0.1, 0.15) is 120 Å². The van der Waals surface area contributed by atoms with Crippen LogP contribution in [0.15, 0.2) is 133 Å². The van der Waals surface area contributed by atoms with Gasteiger partial charge < -0.3 is 53.2 Å². The van der Waals surface area contributed by atoms with Gasteiger partial charge >= 0.3 is 18.4 Å². The zero-order valence-corrected chi connectivity index (χ0v) is 60.4. The minimum absolute atomic E-state index is 0.00621. The molecule has 3 saturated heterocycles. The number of likely N-dealkylation sites (tertiary alicyclic amines) is 2. The number of fused-ring (bicyclic) bond motifs is 2. The largest absolute Gasteiger partial charge is 0.496 e. The normalized spacial score (nSPS) is 17.6. The van der Waals surface area contributed by atoms with Crippen molar-refractivity contribution in [2.45, 2.75) is 107 Å². The molecule has 2 atom stereocenters. The number of piperidine rings is 2. The molecule has 6 aromatic carbocycles. The van der Waals surface area contributed by atoms with Gasteiger partial charge in [-0.1, -0.05) is 110 Å². The number of halogens is 8. The van der Waals surface area contributed by atoms with E-state index in [2.05, 4.69) is 46.3 Å². The Morgan fingerprint density at radius 3 is 1.98 bits per heavy atom. The van der Waals surface area contributed by atoms with Gasteiger partial charge in [-0.15, -0.1) is 0 Å². The van der Waals surface area contributed by atoms with E-state index in [0.717, 1.165) is 118 Å². The average Bonchev–Trinajstić information content (AvgIpc) is 1.61. The Morgan fingerprint density at radius 1 is 0.680 bits per heavy atom. The van der Waals surface area contributed by atoms with E-state index >= 15 is 0 Å². The molecule has 0 unspecified atom stereocenters. The molecule has 1 N–H and O–H groups in total. The lowest BCUT2D eigenvalue weighted by molar-refractivity contribution is -0.143. The van der Waals surface area contributed by atoms with Crippen LogP contribution in [0.25, 0.3) is 11.1 Å². The molecular formula is C78H94ClF7N8O9. The lowest BCUT2D eigenvalue weighted by Gasteiger charge is -2.44. The number of unbranched alkanes of at least 4 members (excludes halogenated alkanes) is 2. The first kappa shape index (κ1) is 78.8. The van der Waals surface area contributed by atoms with E-state index in [-0.39, 0.29) is 55.2 Å². The molecule has 5 amide bonds. The molecule has 1 spiro atoms. The van der Waals surface area contributed by atoms with Gasteiger partial charge in [-0.05, 0) is 142 Å². The Morgan fingerprint density at radius 2 is 1.31 bits per heavy atom. The number of amides is 5. The number of rotatable bonds is 26. The standard InChI is InChI=1S/C44H61ClN6O7.C34H33F7N2O2/c1-47(39-31-40(57-6)36(30-37(39)45)43(54)50(4)25-15-24-48(2)42(53)32-56-5)23-14-8-11-20-41(52)49(3)28-29-51-26-21-34(22-27-51)58-44(55)46-38-19-13-12-18-35(38)33-16-9-7-10-17-33;1-22-16-23-4-2-3-5-29(23)31(22)10-13-42(14-11-31)15-12-32(25-6-8-28(35)9-7-25)20-43(21-45-32)30(44)24-17-26(33(36,37)38)19-27(18-24)34(39,40)41/h7,9-10,12-13,16-19,30-31,34H,8,11,14-15,20-29,32H2,1-6H3,(H,46,55);2-9,17-19,22H,10-16,20-21H2,1H3/t;22-,32-/m.0/s1. The van der Waals surface area contributed by atoms with Gasteiger partial charge in [0.15, 0.2) is 0 Å². The number of nitrogens with zero attached hydrogens (tertiary/aromatic N) is 7. The third-order valence-corrected chi connectivity index (χ3v) is 20.9. The van der Waals surface area contributed by atoms with Gasteiger partial charge in [0.1, 0.15) is 36.6 Å². The Balaban J connectivity index is 0.000000246. The van der Waals surface area contributed by atoms with Crippen molar-refractivity contribution < 1.29 is 73.7 Å². The topological polar surface area (TPSA) is 157 Å². The number of ether oxygens (including phenoxy) is 4. The van der Waals surface area contributed by atoms with E-state index in [4.69, 9.17) is 30.5 Å². The number of likely N-dealkylation sites (N-methyl/N-ethyl adjacent to an activating group) is 2. The van der Waals surface area contributed by atoms with Gasteiger partial charge in [0, 0.05) is 117 Å². The van der Waals surface area contributed by atoms with Crippen molar-refractivity contribution in [3.8, 4) is 16.9 Å². The summed E-state index contributed by atoms with van der Waals surface area (Å²) in [4.78, 5) is 77.1. The molecule has 4 aliphatic rings. The number of hydrogen-bond acceptors (Lipinski definition) is 12. The molecule has 6 aromatic rings. The molecule has 3 aliphatic heterocycles. The minimum Gasteiger partial charge on any atom is -0.496 e. The highest BCUT2D eigenvalue weighted by Crippen LogP contribution is 2.50. The van der Waals surface area contributed by atoms with Crippen molar-refractivity contribution in [3.63, 3.8) is 0 Å². The van der Waals surface area contributed by atoms with Gasteiger partial charge in [-0.25, -0.2) is 9.18 Å². The van der Waals surface area contributed by atoms with Crippen LogP contribution < -0.4 is 15.0 Å². The van der Waals surface area contributed by atoms with Crippen LogP contribution in [-0.4, -0.2) is 193 Å². The van der Waals surface area contributed by atoms with E-state index in [1.165, 1.54) is 49.6 Å². The molecule has 3 fully saturated rings. The van der Waals surface area contributed by atoms with Crippen LogP contribution in [0.2, 0.25) is 5.02 Å². The quantitative estimate of drug-likeness (QED) is 0.0406. The number of carbonyl (C=O) groups is 5. The highest BCUT2D eigenvalue weighted by molar-refractivity contribution is 6.33. The number of hydrogen-bond donors (Lipinski definition) is 1. The van der Waals surface area contributed by atoms with Crippen molar-refractivity contribution in [1.82, 2.24) is 29.4 Å². The highest BCUT2D eigenvalue weighted by Gasteiger charge is 2.48. The van der Waals surface area contributed by atoms with Crippen LogP contribution in [-0.2, 0) is 53.6 Å². The number of alkyl halides is 6. The Bertz CT molecular complexity index is 3820. The highest BCUT2D eigenvalue weighted by atomic mass is 35.5. The smallest absolute Gasteiger partial charge is 0.416 e. The number of anilines is 2. The summed E-state index contributed by atoms with van der Waals surface area (Å²) in [6.07, 6.45) is -2.24. The molecule has 17 nitrogen and oxygen atoms in total. The number of para-hydroxylation sites is 1. The fourth-order valence-corrected chi connectivity index (χ4v) is 14.7. The van der Waals surface area contributed by atoms with E-state index < -0.39 is 52.5 Å². The average molecular weight is 1460 g/mol. The summed E-state index contributed by atoms with van der Waals surface area (Å²) in [5, 5.41) is 3.38. The maximum atomic E-state index is 13.9. The summed E-state index contributed by atoms with van der Waals surface area (Å²) >= 11 is 6.69. The van der Waals surface area contributed by atoms with Gasteiger partial charge in [0.2, 0.25) is 11.8 Å². The molecule has 25 heteroatoms. The molecule has 1 aliphatic carbocycles. The van der Waals surface area contributed by atoms with Crippen LogP contribution in [0, 0.1) is 11.7 Å². The van der Waals surface area contributed by atoms with Crippen molar-refractivity contribution in [2.75, 3.05) is 138 Å². The Hall–Kier alpha value is -8.29. The van der Waals surface area contributed by atoms with Gasteiger partial charge in [-0.3, -0.25) is 24.5 Å². The van der Waals surface area contributed by atoms with E-state index in [0.29, 0.717) is 85.4 Å². The fourth-order valence-electron chi connectivity index (χ4n) is 14.4. The first-order chi connectivity index (χ1) is 49.1. The lowest BCUT2D eigenvalue weighted by Crippen LogP contribution is -2.46. The van der Waals surface area contributed by atoms with Crippen molar-refractivity contribution in [1.29, 1.82) is 0 Å². The van der Waals surface area contributed by atoms with Crippen LogP contribution in [0.3, 0.4) is 0 Å². The summed E-state index contributed by atoms with van der Waals surface area (Å²) in [7, 11) is 10.2. The molecule has 0 saturated carbocycles. The molecule has 103 heavy (non-hydrogen) atoms. The maximum absolute atomic E-state index is 13.9. The SMILES string of the molecule is COCC(=O)N(C)CCCN(C)C(=O)c1cc(Cl)c(N(C)CCCCCC(=O)N(C)CCN2CCC(OC(=O)Nc3ccccc3-c3ccccc3)CC2)cc1OC.C[C@H]1Cc2ccccc2C12CCN(CC[C@@]1(c3ccc(F)cc3)CN(C(=O)c3cc(C(F)(F)F)cc(C(F)(F)F)c3)CO1)CC2. The summed E-state index contributed by atoms with van der Waals surface area (Å²) in [6, 6.07) is 36.1. The molecule has 556 valence electrons. The summed E-state index contributed by atoms with van der Waals surface area (Å²) < 4.78 is 117. The monoisotopic (exact) mass is 1450 g/mol. The first-order valence-corrected chi connectivity index (χ1v) is 35.4. The zero-order chi connectivity index (χ0) is 74.2. The molecular weight excluding hydrogens is 1360 g/mol. The van der Waals surface area contributed by atoms with Gasteiger partial charge in [-0.2, -0.15) is 26.3 Å². The second-order valence-electron chi connectivity index (χ2n) is 27.4. The van der Waals surface area contributed by atoms with Crippen LogP contribution >= 0.6 is 11.6 Å². The predicted molar refractivity (Wildman–Crippen MR) is 383 cm³/mol. The second-order valence-corrected chi connectivity index (χ2v) is 27.9. The summed E-state index contributed by atoms with van der Waals surface area (Å²) in [6.45, 7) is 8.83. The van der Waals surface area contributed by atoms with E-state index in [1.54, 1.807) is 40.9 Å².